The monoisotopic (exact) mass is 422 g/mol. The van der Waals surface area contributed by atoms with E-state index in [1.165, 1.54) is 39.5 Å². The van der Waals surface area contributed by atoms with Gasteiger partial charge in [-0.15, -0.1) is 0 Å². The van der Waals surface area contributed by atoms with Crippen LogP contribution >= 0.6 is 15.9 Å². The molecule has 11 heterocycles. The van der Waals surface area contributed by atoms with Crippen LogP contribution in [0.25, 0.3) is 11.0 Å². The van der Waals surface area contributed by atoms with Gasteiger partial charge >= 0.3 is 137 Å². The summed E-state index contributed by atoms with van der Waals surface area (Å²) in [5, 5.41) is 0.753. The third-order valence-corrected chi connectivity index (χ3v) is 60.2. The fraction of sp³-hybridized carbons (Fsp3) is 0.550. The van der Waals surface area contributed by atoms with Gasteiger partial charge in [-0.1, -0.05) is 0 Å². The molecular formula is C20H15BrFeO2. The van der Waals surface area contributed by atoms with E-state index >= 15 is 0 Å². The summed E-state index contributed by atoms with van der Waals surface area (Å²) in [4.78, 5) is 24.1. The molecule has 4 atom stereocenters. The summed E-state index contributed by atoms with van der Waals surface area (Å²) in [5.74, 6) is 1.20. The first-order valence-electron chi connectivity index (χ1n) is 9.29. The third-order valence-electron chi connectivity index (χ3n) is 17.1. The van der Waals surface area contributed by atoms with Crippen LogP contribution in [-0.2, 0) is 10.8 Å². The van der Waals surface area contributed by atoms with Crippen molar-refractivity contribution in [2.75, 3.05) is 0 Å². The van der Waals surface area contributed by atoms with Gasteiger partial charge in [0.25, 0.3) is 0 Å². The van der Waals surface area contributed by atoms with Crippen molar-refractivity contribution in [1.29, 1.82) is 0 Å². The van der Waals surface area contributed by atoms with E-state index in [0.717, 1.165) is 30.6 Å². The van der Waals surface area contributed by atoms with Gasteiger partial charge in [0.15, 0.2) is 0 Å². The average Bonchev–Trinajstić information content (AvgIpc) is 3.49. The summed E-state index contributed by atoms with van der Waals surface area (Å²) in [5.41, 5.74) is 2.20. The maximum absolute atomic E-state index is 12.9. The molecule has 10 aliphatic rings. The van der Waals surface area contributed by atoms with Gasteiger partial charge in [-0.2, -0.15) is 0 Å². The van der Waals surface area contributed by atoms with Gasteiger partial charge in [-0.25, -0.2) is 0 Å². The van der Waals surface area contributed by atoms with Gasteiger partial charge in [0.05, 0.1) is 0 Å². The summed E-state index contributed by atoms with van der Waals surface area (Å²) in [6.45, 7) is -1.16. The second-order valence-corrected chi connectivity index (χ2v) is 37.2. The first-order chi connectivity index (χ1) is 11.3. The predicted octanol–water partition coefficient (Wildman–Crippen LogP) is 5.66. The van der Waals surface area contributed by atoms with E-state index < -0.39 is 6.51 Å². The number of hydrogen-bond donors (Lipinski definition) is 0. The van der Waals surface area contributed by atoms with Gasteiger partial charge in [-0.3, -0.25) is 0 Å². The molecular weight excluding hydrogens is 408 g/mol. The van der Waals surface area contributed by atoms with E-state index in [1.54, 1.807) is 0 Å². The molecule has 2 nitrogen and oxygen atoms in total. The Balaban J connectivity index is 1.33. The van der Waals surface area contributed by atoms with Crippen molar-refractivity contribution in [3.8, 4) is 0 Å². The molecule has 10 aliphatic heterocycles. The molecule has 1 aromatic heterocycles. The Hall–Kier alpha value is -0.571. The summed E-state index contributed by atoms with van der Waals surface area (Å²) in [6, 6.07) is 6.00. The SMILES string of the molecule is Cc1cc2oc([C]34[CH]5[CH]6[CH]7[CH]3[Fe]6754389%10[CH]4[CH]3[CH]8[CH]9[CH]4%10)cc(=O)c2cc1Br. The Morgan fingerprint density at radius 3 is 2.12 bits per heavy atom. The van der Waals surface area contributed by atoms with Crippen molar-refractivity contribution in [3.63, 3.8) is 0 Å². The molecule has 0 N–H and O–H groups in total. The van der Waals surface area contributed by atoms with Crippen LogP contribution < -0.4 is 5.43 Å². The molecule has 2 aromatic rings. The van der Waals surface area contributed by atoms with Crippen LogP contribution in [0.15, 0.2) is 31.9 Å². The zero-order chi connectivity index (χ0) is 15.3. The van der Waals surface area contributed by atoms with E-state index in [9.17, 15) is 4.79 Å². The molecule has 1 aromatic carbocycles. The van der Waals surface area contributed by atoms with Crippen molar-refractivity contribution in [2.45, 2.75) is 54.6 Å². The Morgan fingerprint density at radius 1 is 1.00 bits per heavy atom. The minimum absolute atomic E-state index is 0.197. The molecule has 4 unspecified atom stereocenters. The molecule has 12 rings (SSSR count). The molecule has 0 aliphatic carbocycles. The molecule has 1 spiro atoms. The second-order valence-electron chi connectivity index (χ2n) is 12.8. The predicted molar refractivity (Wildman–Crippen MR) is 90.3 cm³/mol. The Bertz CT molecular complexity index is 1560. The molecule has 0 bridgehead atoms. The van der Waals surface area contributed by atoms with Crippen LogP contribution in [0.1, 0.15) is 11.3 Å². The first kappa shape index (κ1) is 9.94. The van der Waals surface area contributed by atoms with Crippen molar-refractivity contribution in [2.24, 2.45) is 0 Å². The second kappa shape index (κ2) is 1.04. The summed E-state index contributed by atoms with van der Waals surface area (Å²) >= 11 is 3.56. The van der Waals surface area contributed by atoms with Gasteiger partial charge < -0.3 is 0 Å². The zero-order valence-electron chi connectivity index (χ0n) is 13.0. The average molecular weight is 423 g/mol. The molecule has 0 radical (unpaired) electrons. The van der Waals surface area contributed by atoms with Crippen LogP contribution in [0.5, 0.6) is 0 Å². The normalized spacial score (nSPS) is 88.0. The molecule has 10 saturated heterocycles. The fourth-order valence-corrected chi connectivity index (χ4v) is 92.6. The summed E-state index contributed by atoms with van der Waals surface area (Å²) in [7, 11) is 0. The van der Waals surface area contributed by atoms with E-state index in [1.807, 2.05) is 12.1 Å². The third kappa shape index (κ3) is 0.147. The van der Waals surface area contributed by atoms with Crippen LogP contribution in [-0.4, -0.2) is 0 Å². The van der Waals surface area contributed by atoms with Gasteiger partial charge in [-0.05, 0) is 0 Å². The quantitative estimate of drug-likeness (QED) is 0.555. The fourth-order valence-electron chi connectivity index (χ4n) is 18.3. The van der Waals surface area contributed by atoms with E-state index in [0.29, 0.717) is 4.31 Å². The number of benzene rings is 1. The molecule has 4 heteroatoms. The Labute approximate surface area is 136 Å². The number of fused-ring (bicyclic) bond motifs is 11. The van der Waals surface area contributed by atoms with Crippen molar-refractivity contribution in [1.82, 2.24) is 0 Å². The molecule has 0 amide bonds. The van der Waals surface area contributed by atoms with E-state index in [2.05, 4.69) is 28.9 Å². The minimum atomic E-state index is -3.24. The number of hydrogen-bond acceptors (Lipinski definition) is 2. The van der Waals surface area contributed by atoms with Crippen molar-refractivity contribution < 1.29 is 10.9 Å². The first-order valence-corrected chi connectivity index (χ1v) is 16.4. The number of rotatable bonds is 1. The van der Waals surface area contributed by atoms with E-state index in [4.69, 9.17) is 4.42 Å². The zero-order valence-corrected chi connectivity index (χ0v) is 15.7. The van der Waals surface area contributed by atoms with Crippen molar-refractivity contribution in [3.05, 3.63) is 44.2 Å². The maximum atomic E-state index is 12.9. The van der Waals surface area contributed by atoms with E-state index in [-0.39, 0.29) is 5.43 Å². The molecule has 0 saturated carbocycles. The van der Waals surface area contributed by atoms with Gasteiger partial charge in [0.2, 0.25) is 0 Å². The Kier molecular flexibility index (Phi) is 0.432. The van der Waals surface area contributed by atoms with Crippen LogP contribution in [0.3, 0.4) is 0 Å². The van der Waals surface area contributed by atoms with Crippen molar-refractivity contribution >= 4 is 26.9 Å². The topological polar surface area (TPSA) is 30.2 Å². The Morgan fingerprint density at radius 2 is 1.62 bits per heavy atom. The standard InChI is InChI=1S/C15H10BrO2.C5H5.Fe/c1-9-6-15-11(7-12(9)16)13(17)8-14(18-15)10-4-2-3-5-10;1-2-4-5-3-1;/h2-8H,1H3;1-5H;. The number of halogens is 1. The van der Waals surface area contributed by atoms with Crippen LogP contribution in [0.2, 0.25) is 43.3 Å². The van der Waals surface area contributed by atoms with Crippen LogP contribution in [0.4, 0.5) is 0 Å². The summed E-state index contributed by atoms with van der Waals surface area (Å²) < 4.78 is 8.16. The molecule has 122 valence electrons. The van der Waals surface area contributed by atoms with Gasteiger partial charge in [0.1, 0.15) is 0 Å². The van der Waals surface area contributed by atoms with Crippen LogP contribution in [0, 0.1) is 6.92 Å². The molecule has 24 heavy (non-hydrogen) atoms. The van der Waals surface area contributed by atoms with Gasteiger partial charge in [0, 0.05) is 0 Å². The molecule has 10 fully saturated rings. The number of aryl methyl sites for hydroxylation is 1. The summed E-state index contributed by atoms with van der Waals surface area (Å²) in [6.07, 6.45) is 0.